The number of likely N-dealkylation sites (tertiary alicyclic amines) is 1. The molecule has 2 aliphatic rings. The molecule has 0 unspecified atom stereocenters. The van der Waals surface area contributed by atoms with Gasteiger partial charge in [-0.1, -0.05) is 0 Å². The number of anilines is 1. The molecule has 0 spiro atoms. The van der Waals surface area contributed by atoms with Gasteiger partial charge in [0.1, 0.15) is 5.82 Å². The maximum atomic E-state index is 12.2. The van der Waals surface area contributed by atoms with Crippen LogP contribution >= 0.6 is 11.6 Å². The molecule has 1 aliphatic carbocycles. The Kier molecular flexibility index (Phi) is 5.20. The van der Waals surface area contributed by atoms with Crippen molar-refractivity contribution in [3.8, 4) is 0 Å². The lowest BCUT2D eigenvalue weighted by Crippen LogP contribution is -2.47. The van der Waals surface area contributed by atoms with E-state index in [1.165, 1.54) is 0 Å². The molecule has 1 saturated carbocycles. The van der Waals surface area contributed by atoms with Crippen molar-refractivity contribution in [2.75, 3.05) is 18.4 Å². The molecule has 1 aromatic rings. The lowest BCUT2D eigenvalue weighted by molar-refractivity contribution is 0.200. The number of halogens is 1. The summed E-state index contributed by atoms with van der Waals surface area (Å²) in [6.45, 7) is 3.74. The quantitative estimate of drug-likeness (QED) is 0.832. The second-order valence-corrected chi connectivity index (χ2v) is 6.86. The van der Waals surface area contributed by atoms with Crippen LogP contribution in [0.4, 0.5) is 10.6 Å². The number of amides is 2. The molecule has 23 heavy (non-hydrogen) atoms. The molecular weight excluding hydrogens is 314 g/mol. The summed E-state index contributed by atoms with van der Waals surface area (Å²) in [6, 6.07) is 0.624. The first kappa shape index (κ1) is 16.3. The monoisotopic (exact) mass is 337 g/mol. The third kappa shape index (κ3) is 4.25. The highest BCUT2D eigenvalue weighted by atomic mass is 35.5. The van der Waals surface area contributed by atoms with Gasteiger partial charge in [0.15, 0.2) is 0 Å². The molecule has 1 aromatic heterocycles. The van der Waals surface area contributed by atoms with Crippen molar-refractivity contribution < 1.29 is 4.79 Å². The number of urea groups is 1. The largest absolute Gasteiger partial charge is 0.367 e. The molecule has 6 nitrogen and oxygen atoms in total. The summed E-state index contributed by atoms with van der Waals surface area (Å²) in [5.41, 5.74) is 0.984. The zero-order valence-corrected chi connectivity index (χ0v) is 14.3. The third-order valence-electron chi connectivity index (χ3n) is 4.68. The average Bonchev–Trinajstić information content (AvgIpc) is 3.06. The molecule has 0 aromatic carbocycles. The molecule has 2 fully saturated rings. The molecule has 0 radical (unpaired) electrons. The van der Waals surface area contributed by atoms with Gasteiger partial charge in [-0.05, 0) is 57.0 Å². The molecule has 3 rings (SSSR count). The van der Waals surface area contributed by atoms with Gasteiger partial charge in [-0.15, -0.1) is 0 Å². The Labute approximate surface area is 142 Å². The van der Waals surface area contributed by atoms with Gasteiger partial charge in [-0.25, -0.2) is 14.8 Å². The van der Waals surface area contributed by atoms with Gasteiger partial charge in [0.2, 0.25) is 5.28 Å². The van der Waals surface area contributed by atoms with Crippen LogP contribution in [0, 0.1) is 6.92 Å². The van der Waals surface area contributed by atoms with Gasteiger partial charge in [0.05, 0.1) is 0 Å². The highest BCUT2D eigenvalue weighted by Gasteiger charge is 2.26. The van der Waals surface area contributed by atoms with Crippen LogP contribution in [0.25, 0.3) is 0 Å². The van der Waals surface area contributed by atoms with Crippen LogP contribution in [-0.4, -0.2) is 46.1 Å². The Morgan fingerprint density at radius 2 is 2.00 bits per heavy atom. The van der Waals surface area contributed by atoms with Gasteiger partial charge in [-0.2, -0.15) is 0 Å². The number of aromatic nitrogens is 2. The number of hydrogen-bond acceptors (Lipinski definition) is 4. The number of carbonyl (C=O) groups excluding carboxylic acids is 1. The minimum absolute atomic E-state index is 0.0920. The minimum Gasteiger partial charge on any atom is -0.367 e. The Hall–Kier alpha value is -1.56. The topological polar surface area (TPSA) is 70.1 Å². The van der Waals surface area contributed by atoms with Crippen molar-refractivity contribution >= 4 is 23.4 Å². The first-order valence-electron chi connectivity index (χ1n) is 8.43. The van der Waals surface area contributed by atoms with Crippen LogP contribution < -0.4 is 10.6 Å². The predicted octanol–water partition coefficient (Wildman–Crippen LogP) is 2.97. The van der Waals surface area contributed by atoms with Crippen molar-refractivity contribution in [1.29, 1.82) is 0 Å². The zero-order chi connectivity index (χ0) is 16.2. The number of hydrogen-bond donors (Lipinski definition) is 2. The fraction of sp³-hybridized carbons (Fsp3) is 0.688. The molecule has 126 valence electrons. The standard InChI is InChI=1S/C16H24ClN5O/c1-11-10-18-15(17)21-14(11)19-12-5-4-6-13(9-12)20-16(23)22-7-2-3-8-22/h10,12-13H,2-9H2,1H3,(H,20,23)(H,18,19,21)/t12-,13+/m0/s1. The van der Waals surface area contributed by atoms with Crippen molar-refractivity contribution in [2.24, 2.45) is 0 Å². The minimum atomic E-state index is 0.0920. The van der Waals surface area contributed by atoms with E-state index in [4.69, 9.17) is 11.6 Å². The number of nitrogens with one attached hydrogen (secondary N) is 2. The Morgan fingerprint density at radius 3 is 2.78 bits per heavy atom. The predicted molar refractivity (Wildman–Crippen MR) is 90.8 cm³/mol. The Morgan fingerprint density at radius 1 is 1.26 bits per heavy atom. The molecule has 1 aliphatic heterocycles. The van der Waals surface area contributed by atoms with E-state index in [9.17, 15) is 4.79 Å². The van der Waals surface area contributed by atoms with Crippen molar-refractivity contribution in [3.63, 3.8) is 0 Å². The molecule has 0 bridgehead atoms. The maximum Gasteiger partial charge on any atom is 0.317 e. The molecule has 2 amide bonds. The summed E-state index contributed by atoms with van der Waals surface area (Å²) in [5, 5.41) is 6.91. The summed E-state index contributed by atoms with van der Waals surface area (Å²) in [5.74, 6) is 0.793. The van der Waals surface area contributed by atoms with Crippen molar-refractivity contribution in [3.05, 3.63) is 17.0 Å². The van der Waals surface area contributed by atoms with E-state index >= 15 is 0 Å². The normalized spacial score (nSPS) is 24.5. The Bertz CT molecular complexity index is 561. The van der Waals surface area contributed by atoms with E-state index in [1.807, 2.05) is 11.8 Å². The van der Waals surface area contributed by atoms with Gasteiger partial charge in [0.25, 0.3) is 0 Å². The maximum absolute atomic E-state index is 12.2. The van der Waals surface area contributed by atoms with Crippen LogP contribution in [0.2, 0.25) is 5.28 Å². The van der Waals surface area contributed by atoms with E-state index in [0.717, 1.165) is 63.0 Å². The number of carbonyl (C=O) groups is 1. The zero-order valence-electron chi connectivity index (χ0n) is 13.5. The third-order valence-corrected chi connectivity index (χ3v) is 4.86. The first-order chi connectivity index (χ1) is 11.1. The SMILES string of the molecule is Cc1cnc(Cl)nc1N[C@H]1CCC[C@@H](NC(=O)N2CCCC2)C1. The summed E-state index contributed by atoms with van der Waals surface area (Å²) in [4.78, 5) is 22.4. The van der Waals surface area contributed by atoms with E-state index in [0.29, 0.717) is 6.04 Å². The molecule has 1 saturated heterocycles. The van der Waals surface area contributed by atoms with Gasteiger partial charge >= 0.3 is 6.03 Å². The van der Waals surface area contributed by atoms with Crippen LogP contribution in [-0.2, 0) is 0 Å². The van der Waals surface area contributed by atoms with Gasteiger partial charge < -0.3 is 15.5 Å². The number of nitrogens with zero attached hydrogens (tertiary/aromatic N) is 3. The molecule has 7 heteroatoms. The summed E-state index contributed by atoms with van der Waals surface area (Å²) < 4.78 is 0. The van der Waals surface area contributed by atoms with E-state index < -0.39 is 0 Å². The van der Waals surface area contributed by atoms with E-state index in [2.05, 4.69) is 20.6 Å². The Balaban J connectivity index is 1.55. The smallest absolute Gasteiger partial charge is 0.317 e. The van der Waals surface area contributed by atoms with Crippen LogP contribution in [0.3, 0.4) is 0 Å². The van der Waals surface area contributed by atoms with Crippen LogP contribution in [0.15, 0.2) is 6.20 Å². The van der Waals surface area contributed by atoms with Crippen LogP contribution in [0.1, 0.15) is 44.1 Å². The fourth-order valence-electron chi connectivity index (χ4n) is 3.40. The highest BCUT2D eigenvalue weighted by molar-refractivity contribution is 6.28. The van der Waals surface area contributed by atoms with Crippen molar-refractivity contribution in [1.82, 2.24) is 20.2 Å². The van der Waals surface area contributed by atoms with E-state index in [-0.39, 0.29) is 17.4 Å². The molecule has 2 heterocycles. The van der Waals surface area contributed by atoms with Crippen LogP contribution in [0.5, 0.6) is 0 Å². The average molecular weight is 338 g/mol. The summed E-state index contributed by atoms with van der Waals surface area (Å²) in [7, 11) is 0. The molecular formula is C16H24ClN5O. The number of aryl methyl sites for hydroxylation is 1. The second kappa shape index (κ2) is 7.34. The molecule has 2 atom stereocenters. The van der Waals surface area contributed by atoms with Gasteiger partial charge in [0, 0.05) is 36.9 Å². The van der Waals surface area contributed by atoms with E-state index in [1.54, 1.807) is 6.20 Å². The second-order valence-electron chi connectivity index (χ2n) is 6.52. The first-order valence-corrected chi connectivity index (χ1v) is 8.81. The summed E-state index contributed by atoms with van der Waals surface area (Å²) >= 11 is 5.88. The summed E-state index contributed by atoms with van der Waals surface area (Å²) in [6.07, 6.45) is 8.11. The lowest BCUT2D eigenvalue weighted by Gasteiger charge is -2.32. The van der Waals surface area contributed by atoms with Gasteiger partial charge in [-0.3, -0.25) is 0 Å². The molecule has 2 N–H and O–H groups in total. The highest BCUT2D eigenvalue weighted by Crippen LogP contribution is 2.24. The fourth-order valence-corrected chi connectivity index (χ4v) is 3.53. The van der Waals surface area contributed by atoms with Crippen molar-refractivity contribution in [2.45, 2.75) is 57.5 Å². The lowest BCUT2D eigenvalue weighted by atomic mass is 9.91. The number of rotatable bonds is 3.